The molecule has 0 unspecified atom stereocenters. The Bertz CT molecular complexity index is 882. The third-order valence-corrected chi connectivity index (χ3v) is 4.44. The Labute approximate surface area is 160 Å². The first kappa shape index (κ1) is 18.7. The van der Waals surface area contributed by atoms with Crippen molar-refractivity contribution in [1.82, 2.24) is 9.78 Å². The second kappa shape index (κ2) is 9.56. The topological polar surface area (TPSA) is 76.9 Å². The summed E-state index contributed by atoms with van der Waals surface area (Å²) in [7, 11) is 0. The number of nitrogens with zero attached hydrogens (tertiary/aromatic N) is 3. The Morgan fingerprint density at radius 3 is 2.33 bits per heavy atom. The minimum atomic E-state index is 0.376. The first-order chi connectivity index (χ1) is 13.3. The molecular weight excluding hydrogens is 336 g/mol. The van der Waals surface area contributed by atoms with Gasteiger partial charge in [0.15, 0.2) is 0 Å². The number of benzene rings is 2. The second-order valence-electron chi connectivity index (χ2n) is 6.37. The van der Waals surface area contributed by atoms with Crippen molar-refractivity contribution in [2.45, 2.75) is 25.7 Å². The van der Waals surface area contributed by atoms with Gasteiger partial charge in [-0.15, -0.1) is 0 Å². The predicted octanol–water partition coefficient (Wildman–Crippen LogP) is 3.91. The fourth-order valence-corrected chi connectivity index (χ4v) is 2.99. The zero-order chi connectivity index (χ0) is 18.9. The number of para-hydroxylation sites is 1. The van der Waals surface area contributed by atoms with Gasteiger partial charge in [0.1, 0.15) is 17.5 Å². The Balaban J connectivity index is 1.46. The Hall–Kier alpha value is -3.10. The molecule has 0 saturated carbocycles. The van der Waals surface area contributed by atoms with Crippen LogP contribution in [0.25, 0.3) is 5.69 Å². The van der Waals surface area contributed by atoms with Crippen molar-refractivity contribution < 1.29 is 4.74 Å². The van der Waals surface area contributed by atoms with Gasteiger partial charge in [0.25, 0.3) is 0 Å². The average Bonchev–Trinajstić information content (AvgIpc) is 3.04. The SMILES string of the molecule is N#Cc1c(CCOCCCCc2ccccc2)nn(-c2ccccc2)c1N. The number of rotatable bonds is 9. The molecule has 0 amide bonds. The number of ether oxygens (including phenoxy) is 1. The van der Waals surface area contributed by atoms with Gasteiger partial charge in [-0.1, -0.05) is 48.5 Å². The minimum Gasteiger partial charge on any atom is -0.382 e. The van der Waals surface area contributed by atoms with Crippen LogP contribution in [0.2, 0.25) is 0 Å². The van der Waals surface area contributed by atoms with Crippen LogP contribution in [0.5, 0.6) is 0 Å². The second-order valence-corrected chi connectivity index (χ2v) is 6.37. The van der Waals surface area contributed by atoms with E-state index >= 15 is 0 Å². The highest BCUT2D eigenvalue weighted by atomic mass is 16.5. The van der Waals surface area contributed by atoms with Gasteiger partial charge in [0.2, 0.25) is 0 Å². The van der Waals surface area contributed by atoms with Gasteiger partial charge in [-0.3, -0.25) is 0 Å². The van der Waals surface area contributed by atoms with Crippen LogP contribution in [0, 0.1) is 11.3 Å². The number of nitriles is 1. The van der Waals surface area contributed by atoms with Crippen LogP contribution in [0.1, 0.15) is 29.7 Å². The fourth-order valence-electron chi connectivity index (χ4n) is 2.99. The van der Waals surface area contributed by atoms with Crippen molar-refractivity contribution in [1.29, 1.82) is 5.26 Å². The van der Waals surface area contributed by atoms with Crippen LogP contribution in [0.3, 0.4) is 0 Å². The fraction of sp³-hybridized carbons (Fsp3) is 0.273. The maximum atomic E-state index is 9.42. The summed E-state index contributed by atoms with van der Waals surface area (Å²) >= 11 is 0. The molecule has 1 heterocycles. The van der Waals surface area contributed by atoms with E-state index in [4.69, 9.17) is 10.5 Å². The summed E-state index contributed by atoms with van der Waals surface area (Å²) in [6.07, 6.45) is 3.76. The highest BCUT2D eigenvalue weighted by molar-refractivity contribution is 5.56. The zero-order valence-electron chi connectivity index (χ0n) is 15.3. The third kappa shape index (κ3) is 4.96. The molecule has 0 aliphatic rings. The van der Waals surface area contributed by atoms with E-state index in [1.807, 2.05) is 36.4 Å². The molecule has 5 heteroatoms. The van der Waals surface area contributed by atoms with E-state index in [9.17, 15) is 5.26 Å². The highest BCUT2D eigenvalue weighted by Gasteiger charge is 2.16. The van der Waals surface area contributed by atoms with E-state index in [1.54, 1.807) is 4.68 Å². The van der Waals surface area contributed by atoms with E-state index < -0.39 is 0 Å². The molecule has 2 aromatic carbocycles. The first-order valence-corrected chi connectivity index (χ1v) is 9.24. The Morgan fingerprint density at radius 2 is 1.63 bits per heavy atom. The molecule has 0 aliphatic carbocycles. The standard InChI is InChI=1S/C22H24N4O/c23-17-20-21(25-26(22(20)24)19-12-5-2-6-13-19)14-16-27-15-8-7-11-18-9-3-1-4-10-18/h1-6,9-10,12-13H,7-8,11,14-16,24H2. The van der Waals surface area contributed by atoms with Crippen LogP contribution in [-0.4, -0.2) is 23.0 Å². The van der Waals surface area contributed by atoms with Crippen molar-refractivity contribution in [2.24, 2.45) is 0 Å². The van der Waals surface area contributed by atoms with E-state index in [0.29, 0.717) is 36.7 Å². The van der Waals surface area contributed by atoms with E-state index in [-0.39, 0.29) is 0 Å². The molecule has 2 N–H and O–H groups in total. The molecule has 0 fully saturated rings. The maximum Gasteiger partial charge on any atom is 0.145 e. The van der Waals surface area contributed by atoms with Crippen molar-refractivity contribution >= 4 is 5.82 Å². The van der Waals surface area contributed by atoms with Crippen LogP contribution in [0.4, 0.5) is 5.82 Å². The Kier molecular flexibility index (Phi) is 6.61. The number of aryl methyl sites for hydroxylation is 1. The first-order valence-electron chi connectivity index (χ1n) is 9.24. The van der Waals surface area contributed by atoms with Crippen molar-refractivity contribution in [3.05, 3.63) is 77.5 Å². The Morgan fingerprint density at radius 1 is 0.926 bits per heavy atom. The van der Waals surface area contributed by atoms with Crippen molar-refractivity contribution in [2.75, 3.05) is 18.9 Å². The number of nitrogen functional groups attached to an aromatic ring is 1. The van der Waals surface area contributed by atoms with Crippen LogP contribution >= 0.6 is 0 Å². The lowest BCUT2D eigenvalue weighted by molar-refractivity contribution is 0.133. The van der Waals surface area contributed by atoms with Gasteiger partial charge in [0, 0.05) is 13.0 Å². The summed E-state index contributed by atoms with van der Waals surface area (Å²) < 4.78 is 7.35. The molecule has 0 bridgehead atoms. The zero-order valence-corrected chi connectivity index (χ0v) is 15.3. The van der Waals surface area contributed by atoms with Crippen LogP contribution in [0.15, 0.2) is 60.7 Å². The smallest absolute Gasteiger partial charge is 0.145 e. The quantitative estimate of drug-likeness (QED) is 0.587. The summed E-state index contributed by atoms with van der Waals surface area (Å²) in [5, 5.41) is 13.9. The summed E-state index contributed by atoms with van der Waals surface area (Å²) in [5.74, 6) is 0.376. The van der Waals surface area contributed by atoms with Crippen LogP contribution in [-0.2, 0) is 17.6 Å². The molecule has 5 nitrogen and oxygen atoms in total. The predicted molar refractivity (Wildman–Crippen MR) is 107 cm³/mol. The summed E-state index contributed by atoms with van der Waals surface area (Å²) in [6, 6.07) is 22.2. The third-order valence-electron chi connectivity index (χ3n) is 4.44. The number of anilines is 1. The molecule has 1 aromatic heterocycles. The number of hydrogen-bond acceptors (Lipinski definition) is 4. The molecule has 0 aliphatic heterocycles. The monoisotopic (exact) mass is 360 g/mol. The van der Waals surface area contributed by atoms with Gasteiger partial charge in [-0.2, -0.15) is 10.4 Å². The lowest BCUT2D eigenvalue weighted by atomic mass is 10.1. The van der Waals surface area contributed by atoms with E-state index in [0.717, 1.165) is 24.9 Å². The van der Waals surface area contributed by atoms with Crippen LogP contribution < -0.4 is 5.73 Å². The van der Waals surface area contributed by atoms with Crippen molar-refractivity contribution in [3.63, 3.8) is 0 Å². The number of hydrogen-bond donors (Lipinski definition) is 1. The molecule has 3 aromatic rings. The highest BCUT2D eigenvalue weighted by Crippen LogP contribution is 2.20. The number of unbranched alkanes of at least 4 members (excludes halogenated alkanes) is 1. The van der Waals surface area contributed by atoms with Gasteiger partial charge in [-0.25, -0.2) is 4.68 Å². The molecule has 0 saturated heterocycles. The van der Waals surface area contributed by atoms with Gasteiger partial charge >= 0.3 is 0 Å². The minimum absolute atomic E-state index is 0.376. The van der Waals surface area contributed by atoms with Crippen molar-refractivity contribution in [3.8, 4) is 11.8 Å². The number of nitrogens with two attached hydrogens (primary N) is 1. The van der Waals surface area contributed by atoms with Gasteiger partial charge in [-0.05, 0) is 37.0 Å². The van der Waals surface area contributed by atoms with Gasteiger partial charge < -0.3 is 10.5 Å². The molecule has 3 rings (SSSR count). The largest absolute Gasteiger partial charge is 0.382 e. The molecule has 0 radical (unpaired) electrons. The van der Waals surface area contributed by atoms with Gasteiger partial charge in [0.05, 0.1) is 18.0 Å². The lowest BCUT2D eigenvalue weighted by Crippen LogP contribution is -2.03. The van der Waals surface area contributed by atoms with E-state index in [2.05, 4.69) is 35.4 Å². The lowest BCUT2D eigenvalue weighted by Gasteiger charge is -2.04. The molecular formula is C22H24N4O. The van der Waals surface area contributed by atoms with E-state index in [1.165, 1.54) is 5.56 Å². The number of aromatic nitrogens is 2. The molecule has 0 spiro atoms. The molecule has 27 heavy (non-hydrogen) atoms. The summed E-state index contributed by atoms with van der Waals surface area (Å²) in [6.45, 7) is 1.24. The summed E-state index contributed by atoms with van der Waals surface area (Å²) in [4.78, 5) is 0. The average molecular weight is 360 g/mol. The maximum absolute atomic E-state index is 9.42. The molecule has 138 valence electrons. The summed E-state index contributed by atoms with van der Waals surface area (Å²) in [5.41, 5.74) is 9.44. The normalized spacial score (nSPS) is 10.6. The molecule has 0 atom stereocenters.